The zero-order valence-corrected chi connectivity index (χ0v) is 19.5. The summed E-state index contributed by atoms with van der Waals surface area (Å²) in [5.41, 5.74) is 0.413. The third-order valence-electron chi connectivity index (χ3n) is 5.88. The van der Waals surface area contributed by atoms with Gasteiger partial charge in [0.1, 0.15) is 35.9 Å². The van der Waals surface area contributed by atoms with E-state index in [-0.39, 0.29) is 53.0 Å². The fourth-order valence-corrected chi connectivity index (χ4v) is 4.29. The molecule has 182 valence electrons. The Balaban J connectivity index is 1.61. The molecule has 0 spiro atoms. The molecule has 10 heteroatoms. The second-order valence-corrected chi connectivity index (χ2v) is 8.87. The SMILES string of the molecule is C[C@@H]1C[C@H]2O[C@@H]2C=CC=CC(=NOCCN2CCCC2=O)Cc2c(Cl)c(O)cc(O)c2C(=O)O1. The van der Waals surface area contributed by atoms with Crippen LogP contribution >= 0.6 is 11.6 Å². The number of cyclic esters (lactones) is 1. The van der Waals surface area contributed by atoms with Crippen molar-refractivity contribution in [3.05, 3.63) is 46.5 Å². The van der Waals surface area contributed by atoms with Crippen LogP contribution in [0.15, 0.2) is 35.5 Å². The van der Waals surface area contributed by atoms with Crippen molar-refractivity contribution in [1.82, 2.24) is 4.90 Å². The van der Waals surface area contributed by atoms with Gasteiger partial charge < -0.3 is 29.4 Å². The van der Waals surface area contributed by atoms with Crippen LogP contribution in [0.3, 0.4) is 0 Å². The van der Waals surface area contributed by atoms with Crippen LogP contribution < -0.4 is 0 Å². The first-order valence-electron chi connectivity index (χ1n) is 11.2. The van der Waals surface area contributed by atoms with E-state index in [9.17, 15) is 19.8 Å². The molecule has 2 saturated heterocycles. The summed E-state index contributed by atoms with van der Waals surface area (Å²) in [5, 5.41) is 24.7. The third-order valence-corrected chi connectivity index (χ3v) is 6.31. The van der Waals surface area contributed by atoms with Gasteiger partial charge in [0.2, 0.25) is 5.91 Å². The number of nitrogens with zero attached hydrogens (tertiary/aromatic N) is 2. The minimum atomic E-state index is -0.761. The molecule has 4 rings (SSSR count). The van der Waals surface area contributed by atoms with Gasteiger partial charge in [-0.05, 0) is 25.0 Å². The molecule has 34 heavy (non-hydrogen) atoms. The van der Waals surface area contributed by atoms with E-state index >= 15 is 0 Å². The van der Waals surface area contributed by atoms with E-state index in [1.165, 1.54) is 0 Å². The predicted octanol–water partition coefficient (Wildman–Crippen LogP) is 3.12. The molecule has 0 radical (unpaired) electrons. The molecule has 9 nitrogen and oxygen atoms in total. The zero-order chi connectivity index (χ0) is 24.2. The number of esters is 1. The zero-order valence-electron chi connectivity index (χ0n) is 18.8. The molecule has 0 aliphatic carbocycles. The highest BCUT2D eigenvalue weighted by Gasteiger charge is 2.38. The van der Waals surface area contributed by atoms with Crippen molar-refractivity contribution in [2.75, 3.05) is 19.7 Å². The molecule has 0 aromatic heterocycles. The molecule has 2 N–H and O–H groups in total. The molecule has 0 saturated carbocycles. The molecule has 0 bridgehead atoms. The summed E-state index contributed by atoms with van der Waals surface area (Å²) in [6.45, 7) is 3.07. The van der Waals surface area contributed by atoms with Gasteiger partial charge in [-0.2, -0.15) is 0 Å². The van der Waals surface area contributed by atoms with Crippen molar-refractivity contribution in [3.63, 3.8) is 0 Å². The maximum Gasteiger partial charge on any atom is 0.342 e. The average molecular weight is 491 g/mol. The van der Waals surface area contributed by atoms with Crippen molar-refractivity contribution in [1.29, 1.82) is 0 Å². The summed E-state index contributed by atoms with van der Waals surface area (Å²) < 4.78 is 11.1. The molecule has 1 aromatic rings. The first kappa shape index (κ1) is 24.1. The minimum absolute atomic E-state index is 0.0187. The summed E-state index contributed by atoms with van der Waals surface area (Å²) in [4.78, 5) is 31.9. The normalized spacial score (nSPS) is 26.1. The van der Waals surface area contributed by atoms with Gasteiger partial charge in [0, 0.05) is 31.9 Å². The molecule has 2 fully saturated rings. The highest BCUT2D eigenvalue weighted by atomic mass is 35.5. The highest BCUT2D eigenvalue weighted by Crippen LogP contribution is 2.38. The largest absolute Gasteiger partial charge is 0.507 e. The van der Waals surface area contributed by atoms with Crippen LogP contribution in [-0.2, 0) is 25.5 Å². The lowest BCUT2D eigenvalue weighted by atomic mass is 9.99. The van der Waals surface area contributed by atoms with Gasteiger partial charge in [-0.1, -0.05) is 35.0 Å². The number of halogens is 1. The molecule has 3 aliphatic rings. The number of benzene rings is 1. The molecular formula is C24H27ClN2O7. The molecule has 3 heterocycles. The Labute approximate surface area is 202 Å². The number of carbonyl (C=O) groups excluding carboxylic acids is 2. The minimum Gasteiger partial charge on any atom is -0.507 e. The van der Waals surface area contributed by atoms with E-state index < -0.39 is 17.8 Å². The van der Waals surface area contributed by atoms with Gasteiger partial charge in [0.05, 0.1) is 23.4 Å². The van der Waals surface area contributed by atoms with Gasteiger partial charge in [-0.15, -0.1) is 0 Å². The Bertz CT molecular complexity index is 1050. The first-order valence-corrected chi connectivity index (χ1v) is 11.6. The van der Waals surface area contributed by atoms with Crippen LogP contribution in [0.25, 0.3) is 0 Å². The number of fused-ring (bicyclic) bond motifs is 2. The number of amides is 1. The number of ether oxygens (including phenoxy) is 2. The maximum atomic E-state index is 12.9. The second kappa shape index (κ2) is 10.5. The van der Waals surface area contributed by atoms with E-state index in [1.54, 1.807) is 24.0 Å². The molecule has 3 atom stereocenters. The summed E-state index contributed by atoms with van der Waals surface area (Å²) in [6, 6.07) is 1.01. The Morgan fingerprint density at radius 3 is 2.85 bits per heavy atom. The smallest absolute Gasteiger partial charge is 0.342 e. The molecule has 0 unspecified atom stereocenters. The quantitative estimate of drug-likeness (QED) is 0.288. The number of oxime groups is 1. The topological polar surface area (TPSA) is 121 Å². The van der Waals surface area contributed by atoms with Crippen LogP contribution in [0.5, 0.6) is 11.5 Å². The first-order chi connectivity index (χ1) is 16.3. The van der Waals surface area contributed by atoms with E-state index in [0.717, 1.165) is 12.5 Å². The van der Waals surface area contributed by atoms with Crippen molar-refractivity contribution >= 4 is 29.2 Å². The van der Waals surface area contributed by atoms with Gasteiger partial charge in [-0.25, -0.2) is 4.79 Å². The van der Waals surface area contributed by atoms with Gasteiger partial charge in [0.25, 0.3) is 0 Å². The van der Waals surface area contributed by atoms with Gasteiger partial charge in [-0.3, -0.25) is 4.79 Å². The number of rotatable bonds is 4. The summed E-state index contributed by atoms with van der Waals surface area (Å²) in [5.74, 6) is -1.48. The van der Waals surface area contributed by atoms with Gasteiger partial charge >= 0.3 is 5.97 Å². The molecule has 3 aliphatic heterocycles. The lowest BCUT2D eigenvalue weighted by Gasteiger charge is -2.17. The Morgan fingerprint density at radius 1 is 1.26 bits per heavy atom. The highest BCUT2D eigenvalue weighted by molar-refractivity contribution is 6.33. The summed E-state index contributed by atoms with van der Waals surface area (Å²) in [6.07, 6.45) is 8.46. The Hall–Kier alpha value is -3.04. The Kier molecular flexibility index (Phi) is 7.43. The number of phenolic OH excluding ortho intramolecular Hbond substituents is 2. The van der Waals surface area contributed by atoms with Crippen LogP contribution in [0.1, 0.15) is 42.1 Å². The molecule has 1 amide bonds. The molecule has 1 aromatic carbocycles. The lowest BCUT2D eigenvalue weighted by Crippen LogP contribution is -2.28. The molecular weight excluding hydrogens is 464 g/mol. The van der Waals surface area contributed by atoms with Crippen LogP contribution in [0, 0.1) is 0 Å². The average Bonchev–Trinajstić information content (AvgIpc) is 3.38. The van der Waals surface area contributed by atoms with E-state index in [4.69, 9.17) is 25.9 Å². The fraction of sp³-hybridized carbons (Fsp3) is 0.458. The standard InChI is InChI=1S/C24H27ClN2O7/c1-14-11-20-19(34-20)6-3-2-5-15(26-32-10-9-27-8-4-7-21(27)30)12-16-22(24(31)33-14)17(28)13-18(29)23(16)25/h2-3,5-6,13-14,19-20,28-29H,4,7-12H2,1H3/t14-,19-,20-/m1/s1. The van der Waals surface area contributed by atoms with Gasteiger partial charge in [0.15, 0.2) is 0 Å². The number of epoxide rings is 1. The number of phenols is 2. The number of likely N-dealkylation sites (tertiary alicyclic amines) is 1. The van der Waals surface area contributed by atoms with Crippen molar-refractivity contribution in [3.8, 4) is 11.5 Å². The van der Waals surface area contributed by atoms with E-state index in [0.29, 0.717) is 31.6 Å². The van der Waals surface area contributed by atoms with Crippen molar-refractivity contribution in [2.24, 2.45) is 5.16 Å². The van der Waals surface area contributed by atoms with Crippen LogP contribution in [0.2, 0.25) is 5.02 Å². The number of carbonyl (C=O) groups is 2. The lowest BCUT2D eigenvalue weighted by molar-refractivity contribution is -0.128. The predicted molar refractivity (Wildman–Crippen MR) is 124 cm³/mol. The van der Waals surface area contributed by atoms with Crippen LogP contribution in [-0.4, -0.2) is 70.7 Å². The third kappa shape index (κ3) is 5.71. The number of aromatic hydroxyl groups is 2. The van der Waals surface area contributed by atoms with E-state index in [1.807, 2.05) is 12.2 Å². The monoisotopic (exact) mass is 490 g/mol. The number of hydrogen-bond donors (Lipinski definition) is 2. The maximum absolute atomic E-state index is 12.9. The van der Waals surface area contributed by atoms with E-state index in [2.05, 4.69) is 5.16 Å². The van der Waals surface area contributed by atoms with Crippen LogP contribution in [0.4, 0.5) is 0 Å². The Morgan fingerprint density at radius 2 is 2.09 bits per heavy atom. The summed E-state index contributed by atoms with van der Waals surface area (Å²) >= 11 is 6.33. The van der Waals surface area contributed by atoms with Crippen molar-refractivity contribution < 1.29 is 34.1 Å². The van der Waals surface area contributed by atoms with Crippen molar-refractivity contribution in [2.45, 2.75) is 50.9 Å². The second-order valence-electron chi connectivity index (χ2n) is 8.49. The summed E-state index contributed by atoms with van der Waals surface area (Å²) in [7, 11) is 0. The number of hydrogen-bond acceptors (Lipinski definition) is 8. The number of allylic oxidation sites excluding steroid dienone is 3. The fourth-order valence-electron chi connectivity index (χ4n) is 4.07.